The number of amides is 1. The molecule has 2 aliphatic rings. The van der Waals surface area contributed by atoms with Crippen molar-refractivity contribution in [3.63, 3.8) is 0 Å². The number of aryl methyl sites for hydroxylation is 2. The molecule has 5 heteroatoms. The number of aromatic nitrogens is 3. The standard InChI is InChI=1S/C18H22N4O/c1-12-3-4-15(10-19-12)18(23)21-8-7-16(11-21)22-13(2)9-20-17(22)14-5-6-14/h3-4,9-10,14,16H,5-8,11H2,1-2H3/t16-/m0/s1. The zero-order chi connectivity index (χ0) is 16.0. The van der Waals surface area contributed by atoms with Crippen molar-refractivity contribution in [1.82, 2.24) is 19.4 Å². The number of carbonyl (C=O) groups is 1. The fraction of sp³-hybridized carbons (Fsp3) is 0.500. The molecule has 4 rings (SSSR count). The molecule has 0 aromatic carbocycles. The average Bonchev–Trinajstić information content (AvgIpc) is 3.15. The molecule has 23 heavy (non-hydrogen) atoms. The lowest BCUT2D eigenvalue weighted by Crippen LogP contribution is -2.29. The van der Waals surface area contributed by atoms with Gasteiger partial charge in [0, 0.05) is 42.8 Å². The molecule has 2 aromatic heterocycles. The fourth-order valence-corrected chi connectivity index (χ4v) is 3.50. The van der Waals surface area contributed by atoms with Gasteiger partial charge in [-0.3, -0.25) is 9.78 Å². The molecule has 2 fully saturated rings. The average molecular weight is 310 g/mol. The van der Waals surface area contributed by atoms with Gasteiger partial charge in [0.15, 0.2) is 0 Å². The van der Waals surface area contributed by atoms with Crippen molar-refractivity contribution in [1.29, 1.82) is 0 Å². The van der Waals surface area contributed by atoms with Crippen LogP contribution < -0.4 is 0 Å². The largest absolute Gasteiger partial charge is 0.336 e. The van der Waals surface area contributed by atoms with Crippen LogP contribution >= 0.6 is 0 Å². The van der Waals surface area contributed by atoms with Crippen LogP contribution in [0, 0.1) is 13.8 Å². The Morgan fingerprint density at radius 2 is 1.96 bits per heavy atom. The quantitative estimate of drug-likeness (QED) is 0.876. The van der Waals surface area contributed by atoms with Crippen molar-refractivity contribution in [2.75, 3.05) is 13.1 Å². The topological polar surface area (TPSA) is 51.0 Å². The van der Waals surface area contributed by atoms with Crippen LogP contribution in [0.2, 0.25) is 0 Å². The molecule has 1 saturated heterocycles. The van der Waals surface area contributed by atoms with Crippen molar-refractivity contribution in [3.05, 3.63) is 47.3 Å². The Kier molecular flexibility index (Phi) is 3.43. The van der Waals surface area contributed by atoms with Crippen molar-refractivity contribution in [3.8, 4) is 0 Å². The Labute approximate surface area is 136 Å². The van der Waals surface area contributed by atoms with E-state index in [1.165, 1.54) is 24.4 Å². The molecule has 1 amide bonds. The number of imidazole rings is 1. The minimum atomic E-state index is 0.0886. The molecular formula is C18H22N4O. The summed E-state index contributed by atoms with van der Waals surface area (Å²) in [6, 6.07) is 4.12. The molecule has 1 atom stereocenters. The van der Waals surface area contributed by atoms with E-state index >= 15 is 0 Å². The number of hydrogen-bond donors (Lipinski definition) is 0. The normalized spacial score (nSPS) is 21.0. The van der Waals surface area contributed by atoms with E-state index in [-0.39, 0.29) is 5.91 Å². The Hall–Kier alpha value is -2.17. The first-order chi connectivity index (χ1) is 11.1. The smallest absolute Gasteiger partial charge is 0.255 e. The molecule has 5 nitrogen and oxygen atoms in total. The van der Waals surface area contributed by atoms with Gasteiger partial charge in [-0.1, -0.05) is 0 Å². The van der Waals surface area contributed by atoms with Gasteiger partial charge in [0.25, 0.3) is 5.91 Å². The molecule has 2 aromatic rings. The van der Waals surface area contributed by atoms with Gasteiger partial charge in [0.2, 0.25) is 0 Å². The Morgan fingerprint density at radius 1 is 1.13 bits per heavy atom. The summed E-state index contributed by atoms with van der Waals surface area (Å²) in [5, 5.41) is 0. The molecule has 3 heterocycles. The summed E-state index contributed by atoms with van der Waals surface area (Å²) in [4.78, 5) is 23.4. The van der Waals surface area contributed by atoms with E-state index in [2.05, 4.69) is 21.5 Å². The second-order valence-electron chi connectivity index (χ2n) is 6.78. The van der Waals surface area contributed by atoms with Crippen LogP contribution in [0.1, 0.15) is 58.8 Å². The minimum Gasteiger partial charge on any atom is -0.336 e. The zero-order valence-corrected chi connectivity index (χ0v) is 13.7. The van der Waals surface area contributed by atoms with E-state index in [4.69, 9.17) is 0 Å². The van der Waals surface area contributed by atoms with Gasteiger partial charge in [-0.2, -0.15) is 0 Å². The first kappa shape index (κ1) is 14.4. The van der Waals surface area contributed by atoms with Gasteiger partial charge in [0.05, 0.1) is 11.6 Å². The van der Waals surface area contributed by atoms with Gasteiger partial charge in [-0.15, -0.1) is 0 Å². The van der Waals surface area contributed by atoms with Crippen LogP contribution in [0.3, 0.4) is 0 Å². The highest BCUT2D eigenvalue weighted by Gasteiger charge is 2.34. The molecule has 0 N–H and O–H groups in total. The van der Waals surface area contributed by atoms with Gasteiger partial charge in [-0.05, 0) is 45.2 Å². The molecule has 1 saturated carbocycles. The molecule has 0 unspecified atom stereocenters. The van der Waals surface area contributed by atoms with E-state index in [9.17, 15) is 4.79 Å². The van der Waals surface area contributed by atoms with Crippen LogP contribution in [0.15, 0.2) is 24.5 Å². The molecule has 1 aliphatic carbocycles. The molecule has 1 aliphatic heterocycles. The third kappa shape index (κ3) is 2.64. The summed E-state index contributed by atoms with van der Waals surface area (Å²) >= 11 is 0. The maximum absolute atomic E-state index is 12.7. The summed E-state index contributed by atoms with van der Waals surface area (Å²) in [5.74, 6) is 1.94. The van der Waals surface area contributed by atoms with E-state index < -0.39 is 0 Å². The predicted molar refractivity (Wildman–Crippen MR) is 87.5 cm³/mol. The highest BCUT2D eigenvalue weighted by molar-refractivity contribution is 5.94. The predicted octanol–water partition coefficient (Wildman–Crippen LogP) is 2.86. The third-order valence-corrected chi connectivity index (χ3v) is 4.93. The summed E-state index contributed by atoms with van der Waals surface area (Å²) in [5.41, 5.74) is 2.83. The second-order valence-corrected chi connectivity index (χ2v) is 6.78. The molecule has 120 valence electrons. The maximum atomic E-state index is 12.7. The van der Waals surface area contributed by atoms with Crippen LogP contribution in [0.25, 0.3) is 0 Å². The second kappa shape index (κ2) is 5.48. The number of nitrogens with zero attached hydrogens (tertiary/aromatic N) is 4. The van der Waals surface area contributed by atoms with Crippen LogP contribution in [0.4, 0.5) is 0 Å². The molecule has 0 bridgehead atoms. The monoisotopic (exact) mass is 310 g/mol. The lowest BCUT2D eigenvalue weighted by atomic mass is 10.2. The lowest BCUT2D eigenvalue weighted by molar-refractivity contribution is 0.0787. The Bertz CT molecular complexity index is 730. The summed E-state index contributed by atoms with van der Waals surface area (Å²) in [6.07, 6.45) is 7.16. The van der Waals surface area contributed by atoms with Crippen molar-refractivity contribution in [2.45, 2.75) is 45.1 Å². The van der Waals surface area contributed by atoms with Crippen LogP contribution in [-0.4, -0.2) is 38.4 Å². The zero-order valence-electron chi connectivity index (χ0n) is 13.7. The summed E-state index contributed by atoms with van der Waals surface area (Å²) in [6.45, 7) is 5.62. The number of likely N-dealkylation sites (tertiary alicyclic amines) is 1. The minimum absolute atomic E-state index is 0.0886. The van der Waals surface area contributed by atoms with Gasteiger partial charge >= 0.3 is 0 Å². The first-order valence-electron chi connectivity index (χ1n) is 8.39. The Morgan fingerprint density at radius 3 is 2.65 bits per heavy atom. The molecule has 0 radical (unpaired) electrons. The van der Waals surface area contributed by atoms with Crippen molar-refractivity contribution < 1.29 is 4.79 Å². The summed E-state index contributed by atoms with van der Waals surface area (Å²) < 4.78 is 2.37. The summed E-state index contributed by atoms with van der Waals surface area (Å²) in [7, 11) is 0. The van der Waals surface area contributed by atoms with Gasteiger partial charge in [0.1, 0.15) is 5.82 Å². The number of rotatable bonds is 3. The van der Waals surface area contributed by atoms with Crippen molar-refractivity contribution >= 4 is 5.91 Å². The van der Waals surface area contributed by atoms with E-state index in [1.54, 1.807) is 6.20 Å². The number of pyridine rings is 1. The van der Waals surface area contributed by atoms with Gasteiger partial charge < -0.3 is 9.47 Å². The number of carbonyl (C=O) groups excluding carboxylic acids is 1. The molecule has 0 spiro atoms. The highest BCUT2D eigenvalue weighted by Crippen LogP contribution is 2.41. The van der Waals surface area contributed by atoms with Crippen LogP contribution in [0.5, 0.6) is 0 Å². The van der Waals surface area contributed by atoms with Gasteiger partial charge in [-0.25, -0.2) is 4.98 Å². The van der Waals surface area contributed by atoms with E-state index in [1.807, 2.05) is 30.2 Å². The third-order valence-electron chi connectivity index (χ3n) is 4.93. The molecular weight excluding hydrogens is 288 g/mol. The highest BCUT2D eigenvalue weighted by atomic mass is 16.2. The van der Waals surface area contributed by atoms with E-state index in [0.29, 0.717) is 17.5 Å². The van der Waals surface area contributed by atoms with Crippen LogP contribution in [-0.2, 0) is 0 Å². The first-order valence-corrected chi connectivity index (χ1v) is 8.39. The van der Waals surface area contributed by atoms with E-state index in [0.717, 1.165) is 25.2 Å². The SMILES string of the molecule is Cc1ccc(C(=O)N2CC[C@H](n3c(C)cnc3C3CC3)C2)cn1. The maximum Gasteiger partial charge on any atom is 0.255 e. The number of hydrogen-bond acceptors (Lipinski definition) is 3. The van der Waals surface area contributed by atoms with Crippen molar-refractivity contribution in [2.24, 2.45) is 0 Å². The Balaban J connectivity index is 1.52. The fourth-order valence-electron chi connectivity index (χ4n) is 3.50. The lowest BCUT2D eigenvalue weighted by Gasteiger charge is -2.19.